The van der Waals surface area contributed by atoms with Crippen LogP contribution in [0.15, 0.2) is 84.1 Å². The SMILES string of the molecule is N#CNC(=NCCCCCCOc1ccc(Cl)cc1)Nc1cc[n+](Cc2ccccc2)cc1. The molecule has 0 radical (unpaired) electrons. The molecule has 2 aromatic carbocycles. The molecule has 7 heteroatoms. The van der Waals surface area contributed by atoms with E-state index in [1.807, 2.05) is 73.2 Å². The van der Waals surface area contributed by atoms with Crippen molar-refractivity contribution in [2.24, 2.45) is 4.99 Å². The van der Waals surface area contributed by atoms with Gasteiger partial charge in [0.2, 0.25) is 5.96 Å². The molecule has 170 valence electrons. The Morgan fingerprint density at radius 1 is 0.939 bits per heavy atom. The minimum Gasteiger partial charge on any atom is -0.494 e. The number of nitriles is 1. The minimum absolute atomic E-state index is 0.462. The van der Waals surface area contributed by atoms with Gasteiger partial charge in [-0.05, 0) is 43.5 Å². The first-order valence-corrected chi connectivity index (χ1v) is 11.5. The van der Waals surface area contributed by atoms with Crippen molar-refractivity contribution in [1.82, 2.24) is 5.32 Å². The quantitative estimate of drug-likeness (QED) is 0.103. The zero-order valence-electron chi connectivity index (χ0n) is 18.6. The number of aliphatic imine (C=N–C) groups is 1. The summed E-state index contributed by atoms with van der Waals surface area (Å²) in [5.74, 6) is 1.30. The smallest absolute Gasteiger partial charge is 0.209 e. The normalized spacial score (nSPS) is 11.0. The molecule has 0 bridgehead atoms. The predicted molar refractivity (Wildman–Crippen MR) is 132 cm³/mol. The summed E-state index contributed by atoms with van der Waals surface area (Å²) in [4.78, 5) is 4.49. The van der Waals surface area contributed by atoms with Gasteiger partial charge in [0.05, 0.1) is 12.3 Å². The molecule has 0 amide bonds. The Balaban J connectivity index is 1.35. The summed E-state index contributed by atoms with van der Waals surface area (Å²) >= 11 is 5.87. The summed E-state index contributed by atoms with van der Waals surface area (Å²) in [6.45, 7) is 2.14. The van der Waals surface area contributed by atoms with Crippen molar-refractivity contribution in [3.63, 3.8) is 0 Å². The predicted octanol–water partition coefficient (Wildman–Crippen LogP) is 5.15. The molecular weight excluding hydrogens is 434 g/mol. The van der Waals surface area contributed by atoms with Crippen LogP contribution in [0.4, 0.5) is 5.69 Å². The van der Waals surface area contributed by atoms with Gasteiger partial charge in [0.25, 0.3) is 0 Å². The third-order valence-electron chi connectivity index (χ3n) is 4.94. The fraction of sp³-hybridized carbons (Fsp3) is 0.269. The van der Waals surface area contributed by atoms with Gasteiger partial charge in [0.1, 0.15) is 5.75 Å². The van der Waals surface area contributed by atoms with Gasteiger partial charge in [-0.25, -0.2) is 4.57 Å². The standard InChI is InChI=1S/C26H28ClN5O/c27-23-10-12-25(13-11-23)33-19-7-2-1-6-16-29-26(30-21-28)31-24-14-17-32(18-15-24)20-22-8-4-3-5-9-22/h3-5,8-15,17-18H,1-2,6-7,16,19-20H2,(H,29,30)/p+1. The van der Waals surface area contributed by atoms with Gasteiger partial charge in [0, 0.05) is 29.3 Å². The van der Waals surface area contributed by atoms with E-state index in [1.165, 1.54) is 5.56 Å². The molecule has 1 aromatic heterocycles. The minimum atomic E-state index is 0.462. The maximum atomic E-state index is 9.02. The van der Waals surface area contributed by atoms with Crippen LogP contribution >= 0.6 is 11.6 Å². The topological polar surface area (TPSA) is 73.3 Å². The van der Waals surface area contributed by atoms with Crippen molar-refractivity contribution in [3.8, 4) is 11.9 Å². The zero-order chi connectivity index (χ0) is 23.1. The van der Waals surface area contributed by atoms with Crippen molar-refractivity contribution < 1.29 is 9.30 Å². The average Bonchev–Trinajstić information content (AvgIpc) is 2.84. The number of halogens is 1. The first-order chi connectivity index (χ1) is 16.2. The number of benzene rings is 2. The molecule has 0 saturated heterocycles. The van der Waals surface area contributed by atoms with E-state index < -0.39 is 0 Å². The number of rotatable bonds is 11. The molecular formula is C26H29ClN5O+. The summed E-state index contributed by atoms with van der Waals surface area (Å²) in [7, 11) is 0. The van der Waals surface area contributed by atoms with E-state index >= 15 is 0 Å². The number of guanidine groups is 1. The second kappa shape index (κ2) is 13.8. The summed E-state index contributed by atoms with van der Waals surface area (Å²) in [5.41, 5.74) is 2.12. The zero-order valence-corrected chi connectivity index (χ0v) is 19.3. The van der Waals surface area contributed by atoms with Crippen molar-refractivity contribution in [1.29, 1.82) is 5.26 Å². The maximum Gasteiger partial charge on any atom is 0.209 e. The summed E-state index contributed by atoms with van der Waals surface area (Å²) in [5, 5.41) is 15.5. The second-order valence-electron chi connectivity index (χ2n) is 7.55. The van der Waals surface area contributed by atoms with Crippen LogP contribution in [0, 0.1) is 11.5 Å². The van der Waals surface area contributed by atoms with E-state index in [9.17, 15) is 0 Å². The highest BCUT2D eigenvalue weighted by Crippen LogP contribution is 2.16. The van der Waals surface area contributed by atoms with Gasteiger partial charge < -0.3 is 10.1 Å². The molecule has 0 aliphatic heterocycles. The van der Waals surface area contributed by atoms with Crippen LogP contribution in [-0.2, 0) is 6.54 Å². The van der Waals surface area contributed by atoms with E-state index in [1.54, 1.807) is 0 Å². The molecule has 3 aromatic rings. The lowest BCUT2D eigenvalue weighted by Gasteiger charge is -2.08. The van der Waals surface area contributed by atoms with E-state index in [0.29, 0.717) is 24.1 Å². The highest BCUT2D eigenvalue weighted by atomic mass is 35.5. The first-order valence-electron chi connectivity index (χ1n) is 11.1. The lowest BCUT2D eigenvalue weighted by atomic mass is 10.2. The van der Waals surface area contributed by atoms with Gasteiger partial charge in [-0.1, -0.05) is 48.4 Å². The van der Waals surface area contributed by atoms with Crippen LogP contribution in [0.1, 0.15) is 31.2 Å². The Hall–Kier alpha value is -3.56. The summed E-state index contributed by atoms with van der Waals surface area (Å²) in [6.07, 6.45) is 10.0. The second-order valence-corrected chi connectivity index (χ2v) is 7.99. The lowest BCUT2D eigenvalue weighted by molar-refractivity contribution is -0.688. The largest absolute Gasteiger partial charge is 0.494 e. The van der Waals surface area contributed by atoms with Crippen molar-refractivity contribution >= 4 is 23.2 Å². The molecule has 3 rings (SSSR count). The third kappa shape index (κ3) is 9.22. The fourth-order valence-electron chi connectivity index (χ4n) is 3.22. The number of unbranched alkanes of at least 4 members (excludes halogenated alkanes) is 3. The van der Waals surface area contributed by atoms with Crippen LogP contribution in [0.25, 0.3) is 0 Å². The van der Waals surface area contributed by atoms with Crippen LogP contribution in [0.3, 0.4) is 0 Å². The van der Waals surface area contributed by atoms with E-state index in [4.69, 9.17) is 21.6 Å². The Bertz CT molecular complexity index is 1030. The van der Waals surface area contributed by atoms with E-state index in [-0.39, 0.29) is 0 Å². The lowest BCUT2D eigenvalue weighted by Crippen LogP contribution is -2.33. The van der Waals surface area contributed by atoms with Crippen LogP contribution in [0.5, 0.6) is 5.75 Å². The van der Waals surface area contributed by atoms with Gasteiger partial charge in [-0.3, -0.25) is 10.3 Å². The van der Waals surface area contributed by atoms with Crippen LogP contribution in [0.2, 0.25) is 5.02 Å². The molecule has 0 saturated carbocycles. The molecule has 6 nitrogen and oxygen atoms in total. The number of pyridine rings is 1. The molecule has 0 spiro atoms. The molecule has 33 heavy (non-hydrogen) atoms. The fourth-order valence-corrected chi connectivity index (χ4v) is 3.35. The van der Waals surface area contributed by atoms with Gasteiger partial charge >= 0.3 is 0 Å². The third-order valence-corrected chi connectivity index (χ3v) is 5.19. The highest BCUT2D eigenvalue weighted by Gasteiger charge is 2.05. The average molecular weight is 463 g/mol. The highest BCUT2D eigenvalue weighted by molar-refractivity contribution is 6.30. The monoisotopic (exact) mass is 462 g/mol. The number of anilines is 1. The van der Waals surface area contributed by atoms with Gasteiger partial charge in [-0.15, -0.1) is 0 Å². The number of nitrogens with zero attached hydrogens (tertiary/aromatic N) is 3. The maximum absolute atomic E-state index is 9.02. The van der Waals surface area contributed by atoms with Crippen molar-refractivity contribution in [2.45, 2.75) is 32.2 Å². The molecule has 2 N–H and O–H groups in total. The number of ether oxygens (including phenoxy) is 1. The summed E-state index contributed by atoms with van der Waals surface area (Å²) < 4.78 is 7.80. The molecule has 0 atom stereocenters. The molecule has 0 unspecified atom stereocenters. The van der Waals surface area contributed by atoms with Crippen LogP contribution in [-0.4, -0.2) is 19.1 Å². The number of hydrogen-bond acceptors (Lipinski definition) is 3. The first kappa shape index (κ1) is 24.1. The molecule has 0 aliphatic rings. The van der Waals surface area contributed by atoms with Crippen molar-refractivity contribution in [3.05, 3.63) is 89.7 Å². The van der Waals surface area contributed by atoms with E-state index in [2.05, 4.69) is 32.3 Å². The van der Waals surface area contributed by atoms with Gasteiger partial charge in [-0.2, -0.15) is 5.26 Å². The Labute approximate surface area is 200 Å². The number of aromatic nitrogens is 1. The molecule has 0 fully saturated rings. The summed E-state index contributed by atoms with van der Waals surface area (Å²) in [6, 6.07) is 21.7. The number of nitrogens with one attached hydrogen (secondary N) is 2. The number of hydrogen-bond donors (Lipinski definition) is 2. The Morgan fingerprint density at radius 3 is 2.39 bits per heavy atom. The van der Waals surface area contributed by atoms with Crippen LogP contribution < -0.4 is 19.9 Å². The molecule has 0 aliphatic carbocycles. The van der Waals surface area contributed by atoms with Crippen molar-refractivity contribution in [2.75, 3.05) is 18.5 Å². The molecule has 1 heterocycles. The van der Waals surface area contributed by atoms with Gasteiger partial charge in [0.15, 0.2) is 25.1 Å². The van der Waals surface area contributed by atoms with E-state index in [0.717, 1.165) is 43.7 Å². The Kier molecular flexibility index (Phi) is 10.0. The Morgan fingerprint density at radius 2 is 1.67 bits per heavy atom.